The zero-order chi connectivity index (χ0) is 15.4. The van der Waals surface area contributed by atoms with Gasteiger partial charge in [-0.1, -0.05) is 57.8 Å². The molecule has 1 aliphatic rings. The van der Waals surface area contributed by atoms with Gasteiger partial charge in [0.15, 0.2) is 0 Å². The number of nitrogens with one attached hydrogen (secondary N) is 1. The maximum Gasteiger partial charge on any atom is 0.0409 e. The van der Waals surface area contributed by atoms with Gasteiger partial charge in [0, 0.05) is 17.1 Å². The second kappa shape index (κ2) is 7.65. The lowest BCUT2D eigenvalue weighted by Crippen LogP contribution is -2.44. The molecule has 1 aliphatic carbocycles. The minimum atomic E-state index is 0.417. The van der Waals surface area contributed by atoms with E-state index in [9.17, 15) is 0 Å². The standard InChI is InChI=1S/C19H30ClN/c1-5-18(15-7-6-8-16(20)12-15)21-19-11-14(4)9-10-17(19)13(2)3/h6-8,12-14,17-19,21H,5,9-11H2,1-4H3. The number of rotatable bonds is 5. The molecule has 1 N–H and O–H groups in total. The molecule has 0 aliphatic heterocycles. The van der Waals surface area contributed by atoms with Crippen molar-refractivity contribution >= 4 is 11.6 Å². The van der Waals surface area contributed by atoms with Gasteiger partial charge in [-0.25, -0.2) is 0 Å². The third kappa shape index (κ3) is 4.47. The molecule has 2 rings (SSSR count). The summed E-state index contributed by atoms with van der Waals surface area (Å²) in [6.45, 7) is 9.39. The Morgan fingerprint density at radius 1 is 1.29 bits per heavy atom. The van der Waals surface area contributed by atoms with Crippen LogP contribution in [0.3, 0.4) is 0 Å². The molecule has 0 bridgehead atoms. The highest BCUT2D eigenvalue weighted by atomic mass is 35.5. The van der Waals surface area contributed by atoms with E-state index < -0.39 is 0 Å². The van der Waals surface area contributed by atoms with E-state index in [4.69, 9.17) is 11.6 Å². The van der Waals surface area contributed by atoms with E-state index in [1.165, 1.54) is 24.8 Å². The molecule has 1 aromatic rings. The van der Waals surface area contributed by atoms with Crippen molar-refractivity contribution in [3.05, 3.63) is 34.9 Å². The van der Waals surface area contributed by atoms with E-state index in [1.807, 2.05) is 6.07 Å². The smallest absolute Gasteiger partial charge is 0.0409 e. The van der Waals surface area contributed by atoms with Gasteiger partial charge in [0.25, 0.3) is 0 Å². The van der Waals surface area contributed by atoms with Crippen LogP contribution in [0.5, 0.6) is 0 Å². The van der Waals surface area contributed by atoms with E-state index in [1.54, 1.807) is 0 Å². The van der Waals surface area contributed by atoms with Gasteiger partial charge in [-0.05, 0) is 54.7 Å². The van der Waals surface area contributed by atoms with Crippen LogP contribution in [0.2, 0.25) is 5.02 Å². The number of benzene rings is 1. The second-order valence-corrected chi connectivity index (χ2v) is 7.55. The van der Waals surface area contributed by atoms with E-state index >= 15 is 0 Å². The first kappa shape index (κ1) is 16.8. The van der Waals surface area contributed by atoms with Gasteiger partial charge >= 0.3 is 0 Å². The van der Waals surface area contributed by atoms with Gasteiger partial charge in [-0.3, -0.25) is 0 Å². The van der Waals surface area contributed by atoms with Crippen LogP contribution in [-0.2, 0) is 0 Å². The lowest BCUT2D eigenvalue weighted by molar-refractivity contribution is 0.158. The number of halogens is 1. The summed E-state index contributed by atoms with van der Waals surface area (Å²) in [6, 6.07) is 9.38. The second-order valence-electron chi connectivity index (χ2n) is 7.12. The lowest BCUT2D eigenvalue weighted by Gasteiger charge is -2.40. The summed E-state index contributed by atoms with van der Waals surface area (Å²) in [5, 5.41) is 4.79. The topological polar surface area (TPSA) is 12.0 Å². The lowest BCUT2D eigenvalue weighted by atomic mass is 9.73. The maximum atomic E-state index is 6.16. The summed E-state index contributed by atoms with van der Waals surface area (Å²) >= 11 is 6.16. The maximum absolute atomic E-state index is 6.16. The largest absolute Gasteiger partial charge is 0.307 e. The van der Waals surface area contributed by atoms with Crippen LogP contribution in [0.25, 0.3) is 0 Å². The summed E-state index contributed by atoms with van der Waals surface area (Å²) < 4.78 is 0. The van der Waals surface area contributed by atoms with E-state index in [2.05, 4.69) is 51.2 Å². The van der Waals surface area contributed by atoms with E-state index in [0.717, 1.165) is 29.2 Å². The van der Waals surface area contributed by atoms with Crippen molar-refractivity contribution in [1.29, 1.82) is 0 Å². The van der Waals surface area contributed by atoms with Crippen molar-refractivity contribution in [2.45, 2.75) is 65.5 Å². The van der Waals surface area contributed by atoms with Crippen LogP contribution >= 0.6 is 11.6 Å². The van der Waals surface area contributed by atoms with Gasteiger partial charge < -0.3 is 5.32 Å². The molecule has 2 heteroatoms. The van der Waals surface area contributed by atoms with Gasteiger partial charge in [-0.15, -0.1) is 0 Å². The summed E-state index contributed by atoms with van der Waals surface area (Å²) in [6.07, 6.45) is 5.16. The molecule has 4 unspecified atom stereocenters. The Labute approximate surface area is 135 Å². The van der Waals surface area contributed by atoms with Crippen LogP contribution in [0.1, 0.15) is 65.0 Å². The minimum absolute atomic E-state index is 0.417. The molecular weight excluding hydrogens is 278 g/mol. The fraction of sp³-hybridized carbons (Fsp3) is 0.684. The predicted octanol–water partition coefficient (Wildman–Crippen LogP) is 5.84. The highest BCUT2D eigenvalue weighted by Gasteiger charge is 2.31. The van der Waals surface area contributed by atoms with Gasteiger partial charge in [0.2, 0.25) is 0 Å². The zero-order valence-electron chi connectivity index (χ0n) is 13.9. The first-order valence-corrected chi connectivity index (χ1v) is 8.90. The Bertz CT molecular complexity index is 443. The number of hydrogen-bond donors (Lipinski definition) is 1. The zero-order valence-corrected chi connectivity index (χ0v) is 14.7. The average Bonchev–Trinajstić information content (AvgIpc) is 2.44. The number of hydrogen-bond acceptors (Lipinski definition) is 1. The van der Waals surface area contributed by atoms with E-state index in [-0.39, 0.29) is 0 Å². The fourth-order valence-corrected chi connectivity index (χ4v) is 4.02. The SMILES string of the molecule is CCC(NC1CC(C)CCC1C(C)C)c1cccc(Cl)c1. The third-order valence-corrected chi connectivity index (χ3v) is 5.33. The van der Waals surface area contributed by atoms with Crippen molar-refractivity contribution in [2.24, 2.45) is 17.8 Å². The van der Waals surface area contributed by atoms with Crippen molar-refractivity contribution in [3.8, 4) is 0 Å². The molecule has 1 aromatic carbocycles. The van der Waals surface area contributed by atoms with Crippen molar-refractivity contribution < 1.29 is 0 Å². The first-order chi connectivity index (χ1) is 10.0. The molecule has 0 saturated heterocycles. The van der Waals surface area contributed by atoms with E-state index in [0.29, 0.717) is 12.1 Å². The van der Waals surface area contributed by atoms with Crippen molar-refractivity contribution in [2.75, 3.05) is 0 Å². The highest BCUT2D eigenvalue weighted by Crippen LogP contribution is 2.35. The molecule has 0 heterocycles. The fourth-order valence-electron chi connectivity index (χ4n) is 3.83. The molecule has 4 atom stereocenters. The Kier molecular flexibility index (Phi) is 6.13. The van der Waals surface area contributed by atoms with Crippen LogP contribution in [-0.4, -0.2) is 6.04 Å². The van der Waals surface area contributed by atoms with Crippen LogP contribution in [0.15, 0.2) is 24.3 Å². The minimum Gasteiger partial charge on any atom is -0.307 e. The molecule has 0 aromatic heterocycles. The summed E-state index contributed by atoms with van der Waals surface area (Å²) in [5.74, 6) is 2.40. The normalized spacial score (nSPS) is 27.8. The summed E-state index contributed by atoms with van der Waals surface area (Å²) in [7, 11) is 0. The molecule has 21 heavy (non-hydrogen) atoms. The Morgan fingerprint density at radius 3 is 2.67 bits per heavy atom. The van der Waals surface area contributed by atoms with Crippen molar-refractivity contribution in [3.63, 3.8) is 0 Å². The summed E-state index contributed by atoms with van der Waals surface area (Å²) in [4.78, 5) is 0. The third-order valence-electron chi connectivity index (χ3n) is 5.10. The molecule has 118 valence electrons. The van der Waals surface area contributed by atoms with Gasteiger partial charge in [-0.2, -0.15) is 0 Å². The molecule has 0 radical (unpaired) electrons. The Morgan fingerprint density at radius 2 is 2.05 bits per heavy atom. The molecule has 1 saturated carbocycles. The highest BCUT2D eigenvalue weighted by molar-refractivity contribution is 6.30. The molecular formula is C19H30ClN. The monoisotopic (exact) mass is 307 g/mol. The molecule has 0 amide bonds. The molecule has 0 spiro atoms. The molecule has 1 fully saturated rings. The molecule has 1 nitrogen and oxygen atoms in total. The van der Waals surface area contributed by atoms with Gasteiger partial charge in [0.1, 0.15) is 0 Å². The van der Waals surface area contributed by atoms with Crippen LogP contribution in [0, 0.1) is 17.8 Å². The van der Waals surface area contributed by atoms with Crippen LogP contribution in [0.4, 0.5) is 0 Å². The van der Waals surface area contributed by atoms with Crippen LogP contribution < -0.4 is 5.32 Å². The Hall–Kier alpha value is -0.530. The average molecular weight is 308 g/mol. The summed E-state index contributed by atoms with van der Waals surface area (Å²) in [5.41, 5.74) is 1.32. The van der Waals surface area contributed by atoms with Crippen molar-refractivity contribution in [1.82, 2.24) is 5.32 Å². The quantitative estimate of drug-likeness (QED) is 0.720. The predicted molar refractivity (Wildman–Crippen MR) is 92.8 cm³/mol. The Balaban J connectivity index is 2.11. The van der Waals surface area contributed by atoms with Gasteiger partial charge in [0.05, 0.1) is 0 Å². The first-order valence-electron chi connectivity index (χ1n) is 8.52.